The third-order valence-corrected chi connectivity index (χ3v) is 7.47. The number of rotatable bonds is 4. The van der Waals surface area contributed by atoms with Gasteiger partial charge >= 0.3 is 0 Å². The van der Waals surface area contributed by atoms with Crippen LogP contribution in [0.25, 0.3) is 0 Å². The summed E-state index contributed by atoms with van der Waals surface area (Å²) in [7, 11) is 0. The molecule has 2 aliphatic heterocycles. The predicted octanol–water partition coefficient (Wildman–Crippen LogP) is 2.86. The van der Waals surface area contributed by atoms with Crippen LogP contribution in [0.2, 0.25) is 0 Å². The van der Waals surface area contributed by atoms with Gasteiger partial charge in [0.05, 0.1) is 6.04 Å². The fourth-order valence-electron chi connectivity index (χ4n) is 5.62. The topological polar surface area (TPSA) is 78.7 Å². The summed E-state index contributed by atoms with van der Waals surface area (Å²) in [5.41, 5.74) is 9.15. The SMILES string of the molecule is CC1(C(=O)NC2CCCC2)CN2Cc3ccccc3CC2C(=O)N1Cc1cccc(N)c1. The van der Waals surface area contributed by atoms with Gasteiger partial charge in [0, 0.05) is 31.4 Å². The fraction of sp³-hybridized carbons (Fsp3) is 0.462. The number of anilines is 1. The third kappa shape index (κ3) is 3.77. The largest absolute Gasteiger partial charge is 0.399 e. The van der Waals surface area contributed by atoms with E-state index >= 15 is 0 Å². The molecular formula is C26H32N4O2. The van der Waals surface area contributed by atoms with Crippen LogP contribution >= 0.6 is 0 Å². The number of amides is 2. The molecule has 2 heterocycles. The van der Waals surface area contributed by atoms with Crippen molar-refractivity contribution in [3.8, 4) is 0 Å². The van der Waals surface area contributed by atoms with Gasteiger partial charge in [0.15, 0.2) is 0 Å². The summed E-state index contributed by atoms with van der Waals surface area (Å²) >= 11 is 0. The normalized spacial score (nSPS) is 26.0. The number of fused-ring (bicyclic) bond motifs is 2. The van der Waals surface area contributed by atoms with Gasteiger partial charge in [-0.1, -0.05) is 49.2 Å². The maximum Gasteiger partial charge on any atom is 0.247 e. The van der Waals surface area contributed by atoms with Gasteiger partial charge in [-0.15, -0.1) is 0 Å². The van der Waals surface area contributed by atoms with Crippen molar-refractivity contribution in [2.24, 2.45) is 0 Å². The molecule has 3 aliphatic rings. The molecule has 6 nitrogen and oxygen atoms in total. The number of nitrogens with two attached hydrogens (primary N) is 1. The lowest BCUT2D eigenvalue weighted by Crippen LogP contribution is -2.72. The molecule has 2 atom stereocenters. The Morgan fingerprint density at radius 2 is 1.88 bits per heavy atom. The van der Waals surface area contributed by atoms with Crippen LogP contribution in [-0.4, -0.2) is 45.8 Å². The standard InChI is InChI=1S/C26H32N4O2/c1-26(25(32)28-22-11-4-5-12-22)17-29-16-20-9-3-2-8-19(20)14-23(29)24(31)30(26)15-18-7-6-10-21(27)13-18/h2-3,6-10,13,22-23H,4-5,11-12,14-17,27H2,1H3,(H,28,32). The van der Waals surface area contributed by atoms with E-state index in [1.807, 2.05) is 43.3 Å². The number of benzene rings is 2. The summed E-state index contributed by atoms with van der Waals surface area (Å²) in [4.78, 5) is 31.6. The molecule has 2 aromatic rings. The van der Waals surface area contributed by atoms with Crippen molar-refractivity contribution in [3.05, 3.63) is 65.2 Å². The Labute approximate surface area is 189 Å². The minimum Gasteiger partial charge on any atom is -0.399 e. The Kier molecular flexibility index (Phi) is 5.41. The van der Waals surface area contributed by atoms with E-state index in [9.17, 15) is 9.59 Å². The summed E-state index contributed by atoms with van der Waals surface area (Å²) in [6.07, 6.45) is 5.02. The lowest BCUT2D eigenvalue weighted by Gasteiger charge is -2.52. The van der Waals surface area contributed by atoms with Gasteiger partial charge < -0.3 is 16.0 Å². The van der Waals surface area contributed by atoms with Crippen LogP contribution in [0.15, 0.2) is 48.5 Å². The maximum atomic E-state index is 13.9. The quantitative estimate of drug-likeness (QED) is 0.729. The Hall–Kier alpha value is -2.86. The zero-order valence-electron chi connectivity index (χ0n) is 18.7. The summed E-state index contributed by atoms with van der Waals surface area (Å²) in [5, 5.41) is 3.27. The van der Waals surface area contributed by atoms with Crippen molar-refractivity contribution in [1.29, 1.82) is 0 Å². The first-order valence-corrected chi connectivity index (χ1v) is 11.7. The van der Waals surface area contributed by atoms with Crippen LogP contribution in [0.5, 0.6) is 0 Å². The molecule has 2 aromatic carbocycles. The van der Waals surface area contributed by atoms with Gasteiger partial charge in [-0.25, -0.2) is 0 Å². The second-order valence-electron chi connectivity index (χ2n) is 9.79. The molecule has 0 aromatic heterocycles. The first-order valence-electron chi connectivity index (χ1n) is 11.7. The number of carbonyl (C=O) groups excluding carboxylic acids is 2. The van der Waals surface area contributed by atoms with Gasteiger partial charge in [-0.2, -0.15) is 0 Å². The molecule has 2 fully saturated rings. The minimum absolute atomic E-state index is 0.0252. The van der Waals surface area contributed by atoms with E-state index in [2.05, 4.69) is 22.3 Å². The molecule has 3 N–H and O–H groups in total. The van der Waals surface area contributed by atoms with Crippen molar-refractivity contribution in [2.45, 2.75) is 69.7 Å². The minimum atomic E-state index is -0.937. The van der Waals surface area contributed by atoms with Crippen molar-refractivity contribution >= 4 is 17.5 Å². The van der Waals surface area contributed by atoms with Crippen LogP contribution in [-0.2, 0) is 29.1 Å². The van der Waals surface area contributed by atoms with Crippen molar-refractivity contribution in [1.82, 2.24) is 15.1 Å². The van der Waals surface area contributed by atoms with E-state index in [0.29, 0.717) is 31.7 Å². The first-order chi connectivity index (χ1) is 15.4. The van der Waals surface area contributed by atoms with E-state index < -0.39 is 5.54 Å². The lowest BCUT2D eigenvalue weighted by molar-refractivity contribution is -0.163. The molecule has 0 spiro atoms. The second-order valence-corrected chi connectivity index (χ2v) is 9.79. The van der Waals surface area contributed by atoms with Gasteiger partial charge in [-0.3, -0.25) is 14.5 Å². The third-order valence-electron chi connectivity index (χ3n) is 7.47. The molecule has 0 radical (unpaired) electrons. The summed E-state index contributed by atoms with van der Waals surface area (Å²) in [6.45, 7) is 3.53. The number of nitrogens with zero attached hydrogens (tertiary/aromatic N) is 2. The smallest absolute Gasteiger partial charge is 0.247 e. The van der Waals surface area contributed by atoms with Crippen LogP contribution in [0.3, 0.4) is 0 Å². The molecule has 1 aliphatic carbocycles. The molecule has 168 valence electrons. The number of nitrogen functional groups attached to an aromatic ring is 1. The lowest BCUT2D eigenvalue weighted by atomic mass is 9.85. The maximum absolute atomic E-state index is 13.9. The molecule has 2 amide bonds. The summed E-state index contributed by atoms with van der Waals surface area (Å²) in [6, 6.07) is 15.9. The van der Waals surface area contributed by atoms with E-state index in [1.165, 1.54) is 11.1 Å². The van der Waals surface area contributed by atoms with Crippen molar-refractivity contribution in [2.75, 3.05) is 12.3 Å². The molecule has 32 heavy (non-hydrogen) atoms. The highest BCUT2D eigenvalue weighted by molar-refractivity contribution is 5.95. The number of hydrogen-bond donors (Lipinski definition) is 2. The average molecular weight is 433 g/mol. The zero-order chi connectivity index (χ0) is 22.3. The van der Waals surface area contributed by atoms with Gasteiger partial charge in [-0.05, 0) is 55.0 Å². The highest BCUT2D eigenvalue weighted by atomic mass is 16.2. The van der Waals surface area contributed by atoms with E-state index in [1.54, 1.807) is 4.90 Å². The molecule has 5 rings (SSSR count). The van der Waals surface area contributed by atoms with E-state index in [4.69, 9.17) is 5.73 Å². The van der Waals surface area contributed by atoms with Crippen molar-refractivity contribution < 1.29 is 9.59 Å². The highest BCUT2D eigenvalue weighted by Gasteiger charge is 2.52. The molecule has 1 saturated carbocycles. The monoisotopic (exact) mass is 432 g/mol. The number of piperazine rings is 1. The van der Waals surface area contributed by atoms with Crippen LogP contribution in [0.4, 0.5) is 5.69 Å². The zero-order valence-corrected chi connectivity index (χ0v) is 18.7. The molecular weight excluding hydrogens is 400 g/mol. The molecule has 1 saturated heterocycles. The van der Waals surface area contributed by atoms with Crippen LogP contribution in [0.1, 0.15) is 49.3 Å². The van der Waals surface area contributed by atoms with Crippen molar-refractivity contribution in [3.63, 3.8) is 0 Å². The van der Waals surface area contributed by atoms with Gasteiger partial charge in [0.1, 0.15) is 5.54 Å². The predicted molar refractivity (Wildman–Crippen MR) is 125 cm³/mol. The van der Waals surface area contributed by atoms with Crippen LogP contribution in [0, 0.1) is 0 Å². The highest BCUT2D eigenvalue weighted by Crippen LogP contribution is 2.35. The Balaban J connectivity index is 1.48. The van der Waals surface area contributed by atoms with Gasteiger partial charge in [0.25, 0.3) is 0 Å². The van der Waals surface area contributed by atoms with Crippen LogP contribution < -0.4 is 11.1 Å². The molecule has 2 unspecified atom stereocenters. The van der Waals surface area contributed by atoms with E-state index in [0.717, 1.165) is 31.2 Å². The summed E-state index contributed by atoms with van der Waals surface area (Å²) in [5.74, 6) is -0.0174. The number of carbonyl (C=O) groups is 2. The Morgan fingerprint density at radius 3 is 2.62 bits per heavy atom. The number of hydrogen-bond acceptors (Lipinski definition) is 4. The fourth-order valence-corrected chi connectivity index (χ4v) is 5.62. The Morgan fingerprint density at radius 1 is 1.12 bits per heavy atom. The first kappa shape index (κ1) is 21.0. The molecule has 6 heteroatoms. The number of nitrogens with one attached hydrogen (secondary N) is 1. The van der Waals surface area contributed by atoms with Gasteiger partial charge in [0.2, 0.25) is 11.8 Å². The molecule has 0 bridgehead atoms. The summed E-state index contributed by atoms with van der Waals surface area (Å²) < 4.78 is 0. The Bertz CT molecular complexity index is 1030. The van der Waals surface area contributed by atoms with E-state index in [-0.39, 0.29) is 23.9 Å². The second kappa shape index (κ2) is 8.24. The average Bonchev–Trinajstić information content (AvgIpc) is 3.29.